The van der Waals surface area contributed by atoms with E-state index in [4.69, 9.17) is 0 Å². The highest BCUT2D eigenvalue weighted by molar-refractivity contribution is 7.00. The Balaban J connectivity index is 1.44. The van der Waals surface area contributed by atoms with Crippen molar-refractivity contribution in [1.82, 2.24) is 23.2 Å². The second-order valence-corrected chi connectivity index (χ2v) is 7.19. The summed E-state index contributed by atoms with van der Waals surface area (Å²) in [6.45, 7) is 5.35. The van der Waals surface area contributed by atoms with Crippen molar-refractivity contribution in [2.24, 2.45) is 0 Å². The molecule has 1 fully saturated rings. The van der Waals surface area contributed by atoms with Crippen LogP contribution in [0.25, 0.3) is 11.0 Å². The molecule has 0 bridgehead atoms. The van der Waals surface area contributed by atoms with E-state index in [0.29, 0.717) is 6.04 Å². The van der Waals surface area contributed by atoms with Gasteiger partial charge in [-0.2, -0.15) is 8.75 Å². The van der Waals surface area contributed by atoms with Crippen LogP contribution >= 0.6 is 11.7 Å². The molecule has 126 valence electrons. The predicted molar refractivity (Wildman–Crippen MR) is 97.0 cm³/mol. The number of hydrogen-bond acceptors (Lipinski definition) is 5. The molecule has 2 aromatic heterocycles. The Morgan fingerprint density at radius 2 is 2.12 bits per heavy atom. The van der Waals surface area contributed by atoms with Crippen LogP contribution in [0.15, 0.2) is 30.6 Å². The van der Waals surface area contributed by atoms with Crippen LogP contribution in [0.1, 0.15) is 37.1 Å². The van der Waals surface area contributed by atoms with Crippen LogP contribution < -0.4 is 0 Å². The van der Waals surface area contributed by atoms with Crippen LogP contribution in [-0.2, 0) is 13.1 Å². The maximum Gasteiger partial charge on any atom is 0.105 e. The minimum atomic E-state index is 0.657. The fraction of sp³-hybridized carbons (Fsp3) is 0.500. The number of aromatic nitrogens is 4. The van der Waals surface area contributed by atoms with E-state index in [9.17, 15) is 0 Å². The average molecular weight is 341 g/mol. The number of rotatable bonds is 5. The van der Waals surface area contributed by atoms with E-state index in [0.717, 1.165) is 29.9 Å². The third-order valence-electron chi connectivity index (χ3n) is 5.08. The van der Waals surface area contributed by atoms with Gasteiger partial charge in [-0.25, -0.2) is 4.98 Å². The number of likely N-dealkylation sites (tertiary alicyclic amines) is 1. The maximum atomic E-state index is 4.37. The van der Waals surface area contributed by atoms with E-state index in [1.807, 2.05) is 6.20 Å². The third kappa shape index (κ3) is 3.35. The van der Waals surface area contributed by atoms with Gasteiger partial charge < -0.3 is 4.57 Å². The molecule has 1 atom stereocenters. The topological polar surface area (TPSA) is 46.8 Å². The summed E-state index contributed by atoms with van der Waals surface area (Å²) in [5, 5.41) is 0. The summed E-state index contributed by atoms with van der Waals surface area (Å²) in [7, 11) is 0. The molecule has 0 N–H and O–H groups in total. The quantitative estimate of drug-likeness (QED) is 0.711. The second-order valence-electron chi connectivity index (χ2n) is 6.66. The number of benzene rings is 1. The molecule has 24 heavy (non-hydrogen) atoms. The molecule has 1 saturated heterocycles. The summed E-state index contributed by atoms with van der Waals surface area (Å²) in [5.41, 5.74) is 3.38. The van der Waals surface area contributed by atoms with Crippen LogP contribution in [0.5, 0.6) is 0 Å². The van der Waals surface area contributed by atoms with Crippen LogP contribution in [0, 0.1) is 6.92 Å². The van der Waals surface area contributed by atoms with E-state index in [1.165, 1.54) is 49.5 Å². The van der Waals surface area contributed by atoms with Gasteiger partial charge in [-0.15, -0.1) is 0 Å². The molecule has 1 aliphatic rings. The van der Waals surface area contributed by atoms with Crippen LogP contribution in [0.4, 0.5) is 0 Å². The number of nitrogens with zero attached hydrogens (tertiary/aromatic N) is 5. The van der Waals surface area contributed by atoms with Gasteiger partial charge in [0.25, 0.3) is 0 Å². The Hall–Kier alpha value is -1.79. The van der Waals surface area contributed by atoms with Gasteiger partial charge in [0.2, 0.25) is 0 Å². The third-order valence-corrected chi connectivity index (χ3v) is 5.64. The summed E-state index contributed by atoms with van der Waals surface area (Å²) < 4.78 is 10.9. The van der Waals surface area contributed by atoms with Crippen molar-refractivity contribution in [3.05, 3.63) is 42.0 Å². The first-order valence-electron chi connectivity index (χ1n) is 8.72. The first-order valence-corrected chi connectivity index (χ1v) is 9.45. The van der Waals surface area contributed by atoms with Gasteiger partial charge in [-0.1, -0.05) is 12.5 Å². The zero-order valence-electron chi connectivity index (χ0n) is 14.1. The van der Waals surface area contributed by atoms with Crippen molar-refractivity contribution < 1.29 is 0 Å². The van der Waals surface area contributed by atoms with E-state index >= 15 is 0 Å². The minimum Gasteiger partial charge on any atom is -0.335 e. The van der Waals surface area contributed by atoms with Crippen molar-refractivity contribution in [3.8, 4) is 0 Å². The highest BCUT2D eigenvalue weighted by atomic mass is 32.1. The number of aryl methyl sites for hydroxylation is 2. The molecule has 4 rings (SSSR count). The summed E-state index contributed by atoms with van der Waals surface area (Å²) >= 11 is 1.29. The lowest BCUT2D eigenvalue weighted by atomic mass is 9.98. The fourth-order valence-corrected chi connectivity index (χ4v) is 4.20. The minimum absolute atomic E-state index is 0.657. The molecule has 0 unspecified atom stereocenters. The summed E-state index contributed by atoms with van der Waals surface area (Å²) in [6, 6.07) is 7.16. The molecule has 6 heteroatoms. The maximum absolute atomic E-state index is 4.37. The van der Waals surface area contributed by atoms with Crippen LogP contribution in [0.2, 0.25) is 0 Å². The molecular formula is C18H23N5S. The zero-order valence-corrected chi connectivity index (χ0v) is 14.9. The highest BCUT2D eigenvalue weighted by Gasteiger charge is 2.22. The lowest BCUT2D eigenvalue weighted by Gasteiger charge is -2.36. The number of imidazole rings is 1. The zero-order chi connectivity index (χ0) is 16.4. The van der Waals surface area contributed by atoms with E-state index in [2.05, 4.69) is 54.5 Å². The predicted octanol–water partition coefficient (Wildman–Crippen LogP) is 3.64. The molecule has 0 saturated carbocycles. The molecular weight excluding hydrogens is 318 g/mol. The molecule has 3 heterocycles. The van der Waals surface area contributed by atoms with Crippen molar-refractivity contribution >= 4 is 22.8 Å². The normalized spacial score (nSPS) is 19.1. The summed E-state index contributed by atoms with van der Waals surface area (Å²) in [5.74, 6) is 1.11. The highest BCUT2D eigenvalue weighted by Crippen LogP contribution is 2.24. The lowest BCUT2D eigenvalue weighted by molar-refractivity contribution is 0.128. The Morgan fingerprint density at radius 3 is 3.00 bits per heavy atom. The second kappa shape index (κ2) is 6.99. The molecule has 0 amide bonds. The van der Waals surface area contributed by atoms with Gasteiger partial charge in [0.15, 0.2) is 0 Å². The fourth-order valence-electron chi connectivity index (χ4n) is 3.68. The van der Waals surface area contributed by atoms with Crippen molar-refractivity contribution in [2.75, 3.05) is 6.54 Å². The smallest absolute Gasteiger partial charge is 0.105 e. The van der Waals surface area contributed by atoms with E-state index in [1.54, 1.807) is 0 Å². The summed E-state index contributed by atoms with van der Waals surface area (Å²) in [6.07, 6.45) is 9.13. The molecule has 5 nitrogen and oxygen atoms in total. The Kier molecular flexibility index (Phi) is 4.58. The van der Waals surface area contributed by atoms with Crippen LogP contribution in [0.3, 0.4) is 0 Å². The van der Waals surface area contributed by atoms with E-state index in [-0.39, 0.29) is 0 Å². The summed E-state index contributed by atoms with van der Waals surface area (Å²) in [4.78, 5) is 6.98. The first kappa shape index (κ1) is 15.7. The van der Waals surface area contributed by atoms with Gasteiger partial charge in [-0.3, -0.25) is 4.90 Å². The van der Waals surface area contributed by atoms with Gasteiger partial charge in [0.05, 0.1) is 11.7 Å². The SMILES string of the molecule is Cc1nccn1CC[C@H]1CCCCN1Cc1ccc2nsnc2c1. The molecule has 0 radical (unpaired) electrons. The van der Waals surface area contributed by atoms with Gasteiger partial charge in [0.1, 0.15) is 16.9 Å². The Labute approximate surface area is 146 Å². The lowest BCUT2D eigenvalue weighted by Crippen LogP contribution is -2.39. The van der Waals surface area contributed by atoms with Gasteiger partial charge >= 0.3 is 0 Å². The van der Waals surface area contributed by atoms with E-state index < -0.39 is 0 Å². The monoisotopic (exact) mass is 341 g/mol. The number of piperidine rings is 1. The number of hydrogen-bond donors (Lipinski definition) is 0. The Bertz CT molecular complexity index is 808. The first-order chi connectivity index (χ1) is 11.8. The number of fused-ring (bicyclic) bond motifs is 1. The molecule has 0 aliphatic carbocycles. The van der Waals surface area contributed by atoms with Crippen molar-refractivity contribution in [1.29, 1.82) is 0 Å². The van der Waals surface area contributed by atoms with Crippen molar-refractivity contribution in [2.45, 2.75) is 51.7 Å². The molecule has 0 spiro atoms. The average Bonchev–Trinajstić information content (AvgIpc) is 3.22. The van der Waals surface area contributed by atoms with Crippen LogP contribution in [-0.4, -0.2) is 35.8 Å². The molecule has 1 aliphatic heterocycles. The van der Waals surface area contributed by atoms with Gasteiger partial charge in [-0.05, 0) is 50.4 Å². The standard InChI is InChI=1S/C18H23N5S/c1-14-19-8-11-22(14)10-7-16-4-2-3-9-23(16)13-15-5-6-17-18(12-15)21-24-20-17/h5-6,8,11-12,16H,2-4,7,9-10,13H2,1H3/t16-/m1/s1. The molecule has 1 aromatic carbocycles. The molecule has 3 aromatic rings. The van der Waals surface area contributed by atoms with Crippen molar-refractivity contribution in [3.63, 3.8) is 0 Å². The largest absolute Gasteiger partial charge is 0.335 e. The Morgan fingerprint density at radius 1 is 1.21 bits per heavy atom. The van der Waals surface area contributed by atoms with Gasteiger partial charge in [0, 0.05) is 31.5 Å².